The number of aromatic nitrogens is 1. The number of carbonyl (C=O) groups is 2. The highest BCUT2D eigenvalue weighted by atomic mass is 19.4. The number of carboxylic acids is 1. The fraction of sp³-hybridized carbons (Fsp3) is 0.348. The first-order valence-corrected chi connectivity index (χ1v) is 10.2. The number of carbonyl (C=O) groups excluding carboxylic acids is 1. The number of benzene rings is 1. The normalized spacial score (nSPS) is 12.9. The lowest BCUT2D eigenvalue weighted by atomic mass is 10.1. The van der Waals surface area contributed by atoms with Crippen LogP contribution in [-0.2, 0) is 29.1 Å². The molecule has 33 heavy (non-hydrogen) atoms. The van der Waals surface area contributed by atoms with Crippen molar-refractivity contribution < 1.29 is 27.9 Å². The molecule has 1 aliphatic rings. The Morgan fingerprint density at radius 3 is 2.42 bits per heavy atom. The molecule has 0 radical (unpaired) electrons. The molecule has 0 saturated carbocycles. The number of rotatable bonds is 7. The van der Waals surface area contributed by atoms with Crippen LogP contribution in [0.1, 0.15) is 16.7 Å². The van der Waals surface area contributed by atoms with Crippen molar-refractivity contribution in [2.45, 2.75) is 25.7 Å². The Bertz CT molecular complexity index is 963. The number of hydrogen-bond acceptors (Lipinski definition) is 5. The average molecular weight is 464 g/mol. The minimum absolute atomic E-state index is 0.0289. The molecule has 178 valence electrons. The molecule has 3 rings (SSSR count). The summed E-state index contributed by atoms with van der Waals surface area (Å²) in [6.07, 6.45) is 2.91. The summed E-state index contributed by atoms with van der Waals surface area (Å²) in [6, 6.07) is 10.2. The van der Waals surface area contributed by atoms with E-state index in [0.29, 0.717) is 6.54 Å². The molecular weight excluding hydrogens is 437 g/mol. The van der Waals surface area contributed by atoms with Crippen LogP contribution in [0.4, 0.5) is 18.9 Å². The number of carboxylic acid groups (broad SMARTS) is 1. The number of anilines is 1. The molecule has 2 heterocycles. The SMILES string of the molecule is CN(C)C/C=C/C(=O)N(CCc1ccncc1)c1cccc2c1CNC2.O=C(O)C(F)(F)F. The molecule has 2 aromatic rings. The van der Waals surface area contributed by atoms with Gasteiger partial charge in [0.2, 0.25) is 0 Å². The molecule has 10 heteroatoms. The number of fused-ring (bicyclic) bond motifs is 1. The summed E-state index contributed by atoms with van der Waals surface area (Å²) >= 11 is 0. The predicted molar refractivity (Wildman–Crippen MR) is 119 cm³/mol. The Morgan fingerprint density at radius 2 is 1.82 bits per heavy atom. The molecule has 0 fully saturated rings. The minimum Gasteiger partial charge on any atom is -0.475 e. The predicted octanol–water partition coefficient (Wildman–Crippen LogP) is 3.01. The van der Waals surface area contributed by atoms with Crippen molar-refractivity contribution in [2.75, 3.05) is 32.1 Å². The van der Waals surface area contributed by atoms with Gasteiger partial charge in [-0.25, -0.2) is 4.79 Å². The van der Waals surface area contributed by atoms with Crippen LogP contribution in [0.25, 0.3) is 0 Å². The molecule has 0 spiro atoms. The summed E-state index contributed by atoms with van der Waals surface area (Å²) in [5.41, 5.74) is 4.71. The summed E-state index contributed by atoms with van der Waals surface area (Å²) in [5, 5.41) is 10.5. The first-order valence-electron chi connectivity index (χ1n) is 10.2. The van der Waals surface area contributed by atoms with Crippen LogP contribution < -0.4 is 10.2 Å². The molecule has 7 nitrogen and oxygen atoms in total. The lowest BCUT2D eigenvalue weighted by Crippen LogP contribution is -2.32. The maximum Gasteiger partial charge on any atom is 0.490 e. The van der Waals surface area contributed by atoms with Crippen LogP contribution in [0.2, 0.25) is 0 Å². The highest BCUT2D eigenvalue weighted by Gasteiger charge is 2.38. The number of aliphatic carboxylic acids is 1. The number of halogens is 3. The Hall–Kier alpha value is -3.24. The minimum atomic E-state index is -5.08. The van der Waals surface area contributed by atoms with Crippen LogP contribution >= 0.6 is 0 Å². The van der Waals surface area contributed by atoms with Gasteiger partial charge in [-0.3, -0.25) is 9.78 Å². The van der Waals surface area contributed by atoms with E-state index >= 15 is 0 Å². The number of nitrogens with one attached hydrogen (secondary N) is 1. The molecule has 0 unspecified atom stereocenters. The van der Waals surface area contributed by atoms with Crippen molar-refractivity contribution >= 4 is 17.6 Å². The van der Waals surface area contributed by atoms with Crippen LogP contribution in [0.15, 0.2) is 54.9 Å². The monoisotopic (exact) mass is 464 g/mol. The van der Waals surface area contributed by atoms with E-state index in [-0.39, 0.29) is 5.91 Å². The van der Waals surface area contributed by atoms with Crippen molar-refractivity contribution in [3.8, 4) is 0 Å². The van der Waals surface area contributed by atoms with Gasteiger partial charge in [-0.2, -0.15) is 13.2 Å². The number of amides is 1. The number of nitrogens with zero attached hydrogens (tertiary/aromatic N) is 3. The van der Waals surface area contributed by atoms with E-state index in [2.05, 4.69) is 22.4 Å². The number of alkyl halides is 3. The van der Waals surface area contributed by atoms with E-state index in [0.717, 1.165) is 31.7 Å². The molecule has 0 saturated heterocycles. The number of hydrogen-bond donors (Lipinski definition) is 2. The van der Waals surface area contributed by atoms with Gasteiger partial charge in [0, 0.05) is 50.3 Å². The summed E-state index contributed by atoms with van der Waals surface area (Å²) in [6.45, 7) is 3.07. The molecule has 1 aromatic carbocycles. The summed E-state index contributed by atoms with van der Waals surface area (Å²) in [4.78, 5) is 29.8. The van der Waals surface area contributed by atoms with Gasteiger partial charge in [0.05, 0.1) is 0 Å². The molecule has 0 atom stereocenters. The first-order chi connectivity index (χ1) is 15.6. The smallest absolute Gasteiger partial charge is 0.475 e. The molecule has 0 aliphatic carbocycles. The van der Waals surface area contributed by atoms with Gasteiger partial charge in [-0.1, -0.05) is 18.2 Å². The van der Waals surface area contributed by atoms with Crippen LogP contribution in [0, 0.1) is 0 Å². The van der Waals surface area contributed by atoms with Crippen molar-refractivity contribution in [1.82, 2.24) is 15.2 Å². The van der Waals surface area contributed by atoms with E-state index in [1.807, 2.05) is 48.2 Å². The van der Waals surface area contributed by atoms with Crippen molar-refractivity contribution in [3.05, 3.63) is 71.6 Å². The van der Waals surface area contributed by atoms with Gasteiger partial charge in [0.15, 0.2) is 0 Å². The molecular formula is C23H27F3N4O3. The fourth-order valence-electron chi connectivity index (χ4n) is 3.16. The van der Waals surface area contributed by atoms with Crippen molar-refractivity contribution in [2.24, 2.45) is 0 Å². The largest absolute Gasteiger partial charge is 0.490 e. The fourth-order valence-corrected chi connectivity index (χ4v) is 3.16. The topological polar surface area (TPSA) is 85.8 Å². The lowest BCUT2D eigenvalue weighted by molar-refractivity contribution is -0.192. The van der Waals surface area contributed by atoms with Gasteiger partial charge in [-0.15, -0.1) is 0 Å². The third-order valence-electron chi connectivity index (χ3n) is 4.77. The van der Waals surface area contributed by atoms with Gasteiger partial charge in [-0.05, 0) is 55.4 Å². The summed E-state index contributed by atoms with van der Waals surface area (Å²) in [7, 11) is 3.98. The Labute approximate surface area is 190 Å². The highest BCUT2D eigenvalue weighted by Crippen LogP contribution is 2.28. The zero-order valence-corrected chi connectivity index (χ0v) is 18.5. The maximum atomic E-state index is 12.9. The second-order valence-corrected chi connectivity index (χ2v) is 7.58. The van der Waals surface area contributed by atoms with Gasteiger partial charge in [0.25, 0.3) is 5.91 Å². The van der Waals surface area contributed by atoms with E-state index in [4.69, 9.17) is 9.90 Å². The quantitative estimate of drug-likeness (QED) is 0.613. The second kappa shape index (κ2) is 12.1. The Balaban J connectivity index is 0.000000479. The van der Waals surface area contributed by atoms with E-state index < -0.39 is 12.1 Å². The van der Waals surface area contributed by atoms with Crippen molar-refractivity contribution in [3.63, 3.8) is 0 Å². The third-order valence-corrected chi connectivity index (χ3v) is 4.77. The average Bonchev–Trinajstić information content (AvgIpc) is 3.24. The number of pyridine rings is 1. The molecule has 1 amide bonds. The Kier molecular flexibility index (Phi) is 9.56. The summed E-state index contributed by atoms with van der Waals surface area (Å²) in [5.74, 6) is -2.73. The molecule has 1 aliphatic heterocycles. The lowest BCUT2D eigenvalue weighted by Gasteiger charge is -2.24. The first kappa shape index (κ1) is 26.0. The molecule has 2 N–H and O–H groups in total. The van der Waals surface area contributed by atoms with Crippen LogP contribution in [0.3, 0.4) is 0 Å². The van der Waals surface area contributed by atoms with Gasteiger partial charge < -0.3 is 20.2 Å². The van der Waals surface area contributed by atoms with Gasteiger partial charge >= 0.3 is 12.1 Å². The molecule has 0 bridgehead atoms. The van der Waals surface area contributed by atoms with E-state index in [9.17, 15) is 18.0 Å². The van der Waals surface area contributed by atoms with Crippen LogP contribution in [0.5, 0.6) is 0 Å². The highest BCUT2D eigenvalue weighted by molar-refractivity contribution is 6.02. The standard InChI is InChI=1S/C21H26N4O.C2HF3O2/c1-24(2)13-4-7-21(26)25(14-10-17-8-11-22-12-9-17)20-6-3-5-18-15-23-16-19(18)20;3-2(4,5)1(6)7/h3-9,11-12,23H,10,13-16H2,1-2H3;(H,6,7)/b7-4+;. The molecule has 1 aromatic heterocycles. The third kappa shape index (κ3) is 8.32. The second-order valence-electron chi connectivity index (χ2n) is 7.58. The summed E-state index contributed by atoms with van der Waals surface area (Å²) < 4.78 is 31.7. The zero-order valence-electron chi connectivity index (χ0n) is 18.5. The van der Waals surface area contributed by atoms with Crippen LogP contribution in [-0.4, -0.2) is 60.2 Å². The van der Waals surface area contributed by atoms with Crippen molar-refractivity contribution in [1.29, 1.82) is 0 Å². The Morgan fingerprint density at radius 1 is 1.15 bits per heavy atom. The van der Waals surface area contributed by atoms with E-state index in [1.54, 1.807) is 18.5 Å². The van der Waals surface area contributed by atoms with Gasteiger partial charge in [0.1, 0.15) is 0 Å². The van der Waals surface area contributed by atoms with E-state index in [1.165, 1.54) is 16.7 Å². The maximum absolute atomic E-state index is 12.9. The zero-order chi connectivity index (χ0) is 24.4. The number of likely N-dealkylation sites (N-methyl/N-ethyl adjacent to an activating group) is 1.